The van der Waals surface area contributed by atoms with Crippen molar-refractivity contribution in [1.82, 2.24) is 4.57 Å². The molecule has 1 rings (SSSR count). The Morgan fingerprint density at radius 2 is 2.07 bits per heavy atom. The Morgan fingerprint density at radius 1 is 1.29 bits per heavy atom. The van der Waals surface area contributed by atoms with Gasteiger partial charge in [0.05, 0.1) is 0 Å². The Morgan fingerprint density at radius 3 is 2.64 bits per heavy atom. The van der Waals surface area contributed by atoms with Crippen LogP contribution in [0.15, 0.2) is 18.3 Å². The van der Waals surface area contributed by atoms with Crippen molar-refractivity contribution in [1.29, 1.82) is 0 Å². The standard InChI is InChI=1S/C13H23N/c1-4-5-6-7-9-12(2)13-10-8-11-14(13)3/h8,10-12H,4-7,9H2,1-3H3. The summed E-state index contributed by atoms with van der Waals surface area (Å²) in [6.45, 7) is 4.60. The number of aryl methyl sites for hydroxylation is 1. The van der Waals surface area contributed by atoms with E-state index in [2.05, 4.69) is 43.8 Å². The molecule has 0 spiro atoms. The Bertz CT molecular complexity index is 249. The van der Waals surface area contributed by atoms with Crippen LogP contribution in [-0.2, 0) is 7.05 Å². The van der Waals surface area contributed by atoms with Crippen molar-refractivity contribution in [2.24, 2.45) is 7.05 Å². The molecule has 0 N–H and O–H groups in total. The van der Waals surface area contributed by atoms with Gasteiger partial charge in [-0.05, 0) is 24.5 Å². The maximum atomic E-state index is 2.33. The number of unbranched alkanes of at least 4 members (excludes halogenated alkanes) is 3. The van der Waals surface area contributed by atoms with Crippen LogP contribution in [0.1, 0.15) is 57.6 Å². The SMILES string of the molecule is CCCCCCC(C)c1cccn1C. The van der Waals surface area contributed by atoms with E-state index >= 15 is 0 Å². The average molecular weight is 193 g/mol. The first-order valence-corrected chi connectivity index (χ1v) is 5.87. The van der Waals surface area contributed by atoms with Crippen LogP contribution < -0.4 is 0 Å². The molecule has 1 aromatic heterocycles. The first kappa shape index (κ1) is 11.4. The smallest absolute Gasteiger partial charge is 0.0200 e. The molecule has 1 heterocycles. The van der Waals surface area contributed by atoms with Crippen molar-refractivity contribution >= 4 is 0 Å². The van der Waals surface area contributed by atoms with E-state index in [-0.39, 0.29) is 0 Å². The van der Waals surface area contributed by atoms with E-state index in [1.165, 1.54) is 37.8 Å². The van der Waals surface area contributed by atoms with Crippen LogP contribution in [0.4, 0.5) is 0 Å². The Balaban J connectivity index is 2.28. The number of aromatic nitrogens is 1. The first-order valence-electron chi connectivity index (χ1n) is 5.87. The summed E-state index contributed by atoms with van der Waals surface area (Å²) in [7, 11) is 2.14. The normalized spacial score (nSPS) is 13.1. The van der Waals surface area contributed by atoms with E-state index in [1.807, 2.05) is 0 Å². The van der Waals surface area contributed by atoms with Crippen LogP contribution in [0.5, 0.6) is 0 Å². The van der Waals surface area contributed by atoms with E-state index < -0.39 is 0 Å². The molecule has 0 aromatic carbocycles. The average Bonchev–Trinajstić information content (AvgIpc) is 2.59. The largest absolute Gasteiger partial charge is 0.354 e. The van der Waals surface area contributed by atoms with Crippen molar-refractivity contribution in [3.8, 4) is 0 Å². The molecule has 80 valence electrons. The molecular weight excluding hydrogens is 170 g/mol. The fourth-order valence-corrected chi connectivity index (χ4v) is 2.01. The van der Waals surface area contributed by atoms with Crippen molar-refractivity contribution < 1.29 is 0 Å². The van der Waals surface area contributed by atoms with Gasteiger partial charge in [-0.25, -0.2) is 0 Å². The summed E-state index contributed by atoms with van der Waals surface area (Å²) in [4.78, 5) is 0. The van der Waals surface area contributed by atoms with Gasteiger partial charge in [-0.2, -0.15) is 0 Å². The molecule has 14 heavy (non-hydrogen) atoms. The molecule has 0 radical (unpaired) electrons. The lowest BCUT2D eigenvalue weighted by molar-refractivity contribution is 0.560. The van der Waals surface area contributed by atoms with Gasteiger partial charge < -0.3 is 4.57 Å². The van der Waals surface area contributed by atoms with Crippen molar-refractivity contribution in [3.63, 3.8) is 0 Å². The predicted octanol–water partition coefficient (Wildman–Crippen LogP) is 4.10. The molecule has 1 atom stereocenters. The third-order valence-corrected chi connectivity index (χ3v) is 2.98. The highest BCUT2D eigenvalue weighted by Gasteiger charge is 2.07. The van der Waals surface area contributed by atoms with E-state index in [9.17, 15) is 0 Å². The first-order chi connectivity index (χ1) is 6.75. The molecule has 1 aromatic rings. The minimum atomic E-state index is 0.715. The second-order valence-corrected chi connectivity index (χ2v) is 4.29. The van der Waals surface area contributed by atoms with Gasteiger partial charge in [0.15, 0.2) is 0 Å². The van der Waals surface area contributed by atoms with Gasteiger partial charge in [-0.15, -0.1) is 0 Å². The van der Waals surface area contributed by atoms with Gasteiger partial charge in [0.2, 0.25) is 0 Å². The summed E-state index contributed by atoms with van der Waals surface area (Å²) in [5, 5.41) is 0. The summed E-state index contributed by atoms with van der Waals surface area (Å²) in [5.74, 6) is 0.715. The fraction of sp³-hybridized carbons (Fsp3) is 0.692. The topological polar surface area (TPSA) is 4.93 Å². The zero-order valence-electron chi connectivity index (χ0n) is 9.79. The number of hydrogen-bond donors (Lipinski definition) is 0. The third kappa shape index (κ3) is 3.21. The summed E-state index contributed by atoms with van der Waals surface area (Å²) in [6, 6.07) is 4.38. The van der Waals surface area contributed by atoms with Crippen LogP contribution in [0.2, 0.25) is 0 Å². The Hall–Kier alpha value is -0.720. The van der Waals surface area contributed by atoms with Crippen LogP contribution >= 0.6 is 0 Å². The van der Waals surface area contributed by atoms with Crippen LogP contribution in [0.25, 0.3) is 0 Å². The molecule has 1 heteroatoms. The van der Waals surface area contributed by atoms with Gasteiger partial charge in [0.25, 0.3) is 0 Å². The molecule has 0 aliphatic carbocycles. The fourth-order valence-electron chi connectivity index (χ4n) is 2.01. The molecule has 0 amide bonds. The molecular formula is C13H23N. The molecule has 1 nitrogen and oxygen atoms in total. The van der Waals surface area contributed by atoms with Crippen LogP contribution in [0, 0.1) is 0 Å². The van der Waals surface area contributed by atoms with Gasteiger partial charge in [-0.3, -0.25) is 0 Å². The van der Waals surface area contributed by atoms with E-state index in [0.717, 1.165) is 0 Å². The minimum absolute atomic E-state index is 0.715. The zero-order valence-corrected chi connectivity index (χ0v) is 9.79. The van der Waals surface area contributed by atoms with Crippen LogP contribution in [-0.4, -0.2) is 4.57 Å². The molecule has 1 unspecified atom stereocenters. The maximum Gasteiger partial charge on any atom is 0.0200 e. The van der Waals surface area contributed by atoms with E-state index in [4.69, 9.17) is 0 Å². The number of nitrogens with zero attached hydrogens (tertiary/aromatic N) is 1. The highest BCUT2D eigenvalue weighted by molar-refractivity contribution is 5.11. The quantitative estimate of drug-likeness (QED) is 0.599. The lowest BCUT2D eigenvalue weighted by atomic mass is 9.99. The lowest BCUT2D eigenvalue weighted by Gasteiger charge is -2.12. The highest BCUT2D eigenvalue weighted by Crippen LogP contribution is 2.21. The molecule has 0 aliphatic heterocycles. The highest BCUT2D eigenvalue weighted by atomic mass is 14.9. The number of hydrogen-bond acceptors (Lipinski definition) is 0. The van der Waals surface area contributed by atoms with E-state index in [1.54, 1.807) is 0 Å². The van der Waals surface area contributed by atoms with Crippen molar-refractivity contribution in [2.45, 2.75) is 51.9 Å². The molecule has 0 saturated heterocycles. The van der Waals surface area contributed by atoms with Gasteiger partial charge in [0, 0.05) is 18.9 Å². The summed E-state index contributed by atoms with van der Waals surface area (Å²) in [5.41, 5.74) is 1.47. The Labute approximate surface area is 88.1 Å². The lowest BCUT2D eigenvalue weighted by Crippen LogP contribution is -2.00. The predicted molar refractivity (Wildman–Crippen MR) is 62.6 cm³/mol. The molecule has 0 saturated carbocycles. The van der Waals surface area contributed by atoms with Gasteiger partial charge in [-0.1, -0.05) is 39.5 Å². The van der Waals surface area contributed by atoms with Gasteiger partial charge in [0.1, 0.15) is 0 Å². The summed E-state index contributed by atoms with van der Waals surface area (Å²) >= 11 is 0. The third-order valence-electron chi connectivity index (χ3n) is 2.98. The molecule has 0 bridgehead atoms. The van der Waals surface area contributed by atoms with Crippen LogP contribution in [0.3, 0.4) is 0 Å². The zero-order chi connectivity index (χ0) is 10.4. The second-order valence-electron chi connectivity index (χ2n) is 4.29. The Kier molecular flexibility index (Phi) is 4.78. The molecule has 0 aliphatic rings. The second kappa shape index (κ2) is 5.90. The van der Waals surface area contributed by atoms with Gasteiger partial charge >= 0.3 is 0 Å². The van der Waals surface area contributed by atoms with Crippen molar-refractivity contribution in [3.05, 3.63) is 24.0 Å². The number of rotatable bonds is 6. The maximum absolute atomic E-state index is 2.33. The monoisotopic (exact) mass is 193 g/mol. The minimum Gasteiger partial charge on any atom is -0.354 e. The summed E-state index contributed by atoms with van der Waals surface area (Å²) in [6.07, 6.45) is 8.96. The van der Waals surface area contributed by atoms with Crippen molar-refractivity contribution in [2.75, 3.05) is 0 Å². The summed E-state index contributed by atoms with van der Waals surface area (Å²) < 4.78 is 2.24. The molecule has 0 fully saturated rings. The van der Waals surface area contributed by atoms with E-state index in [0.29, 0.717) is 5.92 Å².